The molecule has 1 N–H and O–H groups in total. The lowest BCUT2D eigenvalue weighted by Crippen LogP contribution is -2.10. The summed E-state index contributed by atoms with van der Waals surface area (Å²) in [5.74, 6) is -0.542. The Kier molecular flexibility index (Phi) is 3.79. The average molecular weight is 317 g/mol. The van der Waals surface area contributed by atoms with Crippen LogP contribution in [0.5, 0.6) is 5.75 Å². The highest BCUT2D eigenvalue weighted by molar-refractivity contribution is 7.13. The van der Waals surface area contributed by atoms with E-state index < -0.39 is 5.97 Å². The monoisotopic (exact) mass is 317 g/mol. The molecule has 0 saturated carbocycles. The number of carboxylic acid groups (broad SMARTS) is 1. The maximum absolute atomic E-state index is 11.3. The Morgan fingerprint density at radius 1 is 1.27 bits per heavy atom. The van der Waals surface area contributed by atoms with Crippen LogP contribution >= 0.6 is 11.3 Å². The van der Waals surface area contributed by atoms with Crippen molar-refractivity contribution in [2.45, 2.75) is 13.5 Å². The highest BCUT2D eigenvalue weighted by Gasteiger charge is 2.22. The van der Waals surface area contributed by atoms with Crippen LogP contribution in [-0.2, 0) is 6.61 Å². The van der Waals surface area contributed by atoms with Gasteiger partial charge in [-0.15, -0.1) is 15.3 Å². The van der Waals surface area contributed by atoms with Crippen LogP contribution < -0.4 is 4.74 Å². The van der Waals surface area contributed by atoms with E-state index in [-0.39, 0.29) is 12.3 Å². The number of nitrogens with zero attached hydrogens (tertiary/aromatic N) is 5. The number of ether oxygens (including phenoxy) is 1. The summed E-state index contributed by atoms with van der Waals surface area (Å²) in [7, 11) is 0. The molecule has 0 unspecified atom stereocenters. The van der Waals surface area contributed by atoms with Gasteiger partial charge in [-0.25, -0.2) is 4.79 Å². The SMILES string of the molecule is Cc1nnc(-n2nnc(C(=O)O)c2COc2ccccc2)s1. The molecular weight excluding hydrogens is 306 g/mol. The number of aromatic nitrogens is 5. The number of para-hydroxylation sites is 1. The maximum Gasteiger partial charge on any atom is 0.358 e. The molecule has 22 heavy (non-hydrogen) atoms. The summed E-state index contributed by atoms with van der Waals surface area (Å²) in [4.78, 5) is 11.3. The van der Waals surface area contributed by atoms with Crippen LogP contribution in [0.2, 0.25) is 0 Å². The zero-order chi connectivity index (χ0) is 15.5. The molecule has 2 aromatic heterocycles. The zero-order valence-corrected chi connectivity index (χ0v) is 12.3. The molecule has 0 atom stereocenters. The summed E-state index contributed by atoms with van der Waals surface area (Å²) in [6.07, 6.45) is 0. The van der Waals surface area contributed by atoms with E-state index in [0.29, 0.717) is 16.6 Å². The predicted molar refractivity (Wildman–Crippen MR) is 77.3 cm³/mol. The van der Waals surface area contributed by atoms with Crippen LogP contribution in [0.3, 0.4) is 0 Å². The minimum atomic E-state index is -1.17. The fourth-order valence-electron chi connectivity index (χ4n) is 1.79. The first-order chi connectivity index (χ1) is 10.6. The second-order valence-electron chi connectivity index (χ2n) is 4.31. The second-order valence-corrected chi connectivity index (χ2v) is 5.47. The summed E-state index contributed by atoms with van der Waals surface area (Å²) in [6, 6.07) is 9.09. The molecule has 0 amide bonds. The minimum absolute atomic E-state index is 0.0112. The van der Waals surface area contributed by atoms with Gasteiger partial charge in [0.25, 0.3) is 0 Å². The van der Waals surface area contributed by atoms with Crippen molar-refractivity contribution < 1.29 is 14.6 Å². The Hall–Kier alpha value is -2.81. The van der Waals surface area contributed by atoms with Crippen molar-refractivity contribution in [1.29, 1.82) is 0 Å². The molecule has 9 heteroatoms. The van der Waals surface area contributed by atoms with Crippen LogP contribution in [0, 0.1) is 6.92 Å². The molecule has 1 aromatic carbocycles. The van der Waals surface area contributed by atoms with Crippen molar-refractivity contribution in [2.75, 3.05) is 0 Å². The van der Waals surface area contributed by atoms with Gasteiger partial charge in [-0.05, 0) is 19.1 Å². The Bertz CT molecular complexity index is 799. The molecule has 3 aromatic rings. The highest BCUT2D eigenvalue weighted by atomic mass is 32.1. The van der Waals surface area contributed by atoms with Gasteiger partial charge in [0.15, 0.2) is 5.69 Å². The fourth-order valence-corrected chi connectivity index (χ4v) is 2.45. The van der Waals surface area contributed by atoms with Crippen molar-refractivity contribution in [3.8, 4) is 10.9 Å². The third-order valence-corrected chi connectivity index (χ3v) is 3.60. The van der Waals surface area contributed by atoms with E-state index in [1.54, 1.807) is 19.1 Å². The molecular formula is C13H11N5O3S. The number of hydrogen-bond acceptors (Lipinski definition) is 7. The molecule has 0 aliphatic heterocycles. The smallest absolute Gasteiger partial charge is 0.358 e. The van der Waals surface area contributed by atoms with Crippen molar-refractivity contribution in [1.82, 2.24) is 25.2 Å². The number of aromatic carboxylic acids is 1. The molecule has 0 radical (unpaired) electrons. The van der Waals surface area contributed by atoms with Gasteiger partial charge in [0.1, 0.15) is 23.1 Å². The molecule has 2 heterocycles. The first kappa shape index (κ1) is 14.1. The molecule has 0 aliphatic rings. The van der Waals surface area contributed by atoms with Gasteiger partial charge in [0.05, 0.1) is 0 Å². The quantitative estimate of drug-likeness (QED) is 0.764. The number of hydrogen-bond donors (Lipinski definition) is 1. The van der Waals surface area contributed by atoms with E-state index in [2.05, 4.69) is 20.5 Å². The number of aryl methyl sites for hydroxylation is 1. The highest BCUT2D eigenvalue weighted by Crippen LogP contribution is 2.19. The Morgan fingerprint density at radius 3 is 2.68 bits per heavy atom. The predicted octanol–water partition coefficient (Wildman–Crippen LogP) is 1.70. The molecule has 3 rings (SSSR count). The van der Waals surface area contributed by atoms with E-state index in [1.807, 2.05) is 18.2 Å². The van der Waals surface area contributed by atoms with Gasteiger partial charge < -0.3 is 9.84 Å². The van der Waals surface area contributed by atoms with E-state index in [1.165, 1.54) is 16.0 Å². The van der Waals surface area contributed by atoms with Crippen molar-refractivity contribution in [2.24, 2.45) is 0 Å². The van der Waals surface area contributed by atoms with Crippen molar-refractivity contribution >= 4 is 17.3 Å². The molecule has 112 valence electrons. The van der Waals surface area contributed by atoms with Gasteiger partial charge in [-0.2, -0.15) is 4.68 Å². The van der Waals surface area contributed by atoms with Crippen molar-refractivity contribution in [3.05, 3.63) is 46.7 Å². The van der Waals surface area contributed by atoms with E-state index in [4.69, 9.17) is 4.74 Å². The summed E-state index contributed by atoms with van der Waals surface area (Å²) in [5, 5.41) is 25.8. The number of carboxylic acids is 1. The van der Waals surface area contributed by atoms with Crippen LogP contribution in [-0.4, -0.2) is 36.3 Å². The summed E-state index contributed by atoms with van der Waals surface area (Å²) in [5.41, 5.74) is 0.149. The molecule has 0 saturated heterocycles. The van der Waals surface area contributed by atoms with E-state index in [9.17, 15) is 9.90 Å². The van der Waals surface area contributed by atoms with Crippen LogP contribution in [0.4, 0.5) is 0 Å². The van der Waals surface area contributed by atoms with Crippen LogP contribution in [0.1, 0.15) is 21.2 Å². The normalized spacial score (nSPS) is 10.6. The van der Waals surface area contributed by atoms with Gasteiger partial charge in [0.2, 0.25) is 5.13 Å². The van der Waals surface area contributed by atoms with E-state index in [0.717, 1.165) is 5.01 Å². The summed E-state index contributed by atoms with van der Waals surface area (Å²) >= 11 is 1.29. The van der Waals surface area contributed by atoms with E-state index >= 15 is 0 Å². The Labute approximate surface area is 129 Å². The number of rotatable bonds is 5. The topological polar surface area (TPSA) is 103 Å². The van der Waals surface area contributed by atoms with Gasteiger partial charge in [-0.1, -0.05) is 34.7 Å². The third kappa shape index (κ3) is 2.79. The molecule has 0 bridgehead atoms. The van der Waals surface area contributed by atoms with Crippen LogP contribution in [0.15, 0.2) is 30.3 Å². The largest absolute Gasteiger partial charge is 0.487 e. The molecule has 0 fully saturated rings. The lowest BCUT2D eigenvalue weighted by Gasteiger charge is -2.07. The minimum Gasteiger partial charge on any atom is -0.487 e. The molecule has 0 aliphatic carbocycles. The Morgan fingerprint density at radius 2 is 2.05 bits per heavy atom. The molecule has 8 nitrogen and oxygen atoms in total. The van der Waals surface area contributed by atoms with Crippen molar-refractivity contribution in [3.63, 3.8) is 0 Å². The molecule has 0 spiro atoms. The second kappa shape index (κ2) is 5.90. The number of benzene rings is 1. The van der Waals surface area contributed by atoms with Crippen LogP contribution in [0.25, 0.3) is 5.13 Å². The first-order valence-corrected chi connectivity index (χ1v) is 7.13. The standard InChI is InChI=1S/C13H11N5O3S/c1-8-14-16-13(22-8)18-10(11(12(19)20)15-17-18)7-21-9-5-3-2-4-6-9/h2-6H,7H2,1H3,(H,19,20). The fraction of sp³-hybridized carbons (Fsp3) is 0.154. The summed E-state index contributed by atoms with van der Waals surface area (Å²) in [6.45, 7) is 1.81. The lowest BCUT2D eigenvalue weighted by molar-refractivity contribution is 0.0687. The zero-order valence-electron chi connectivity index (χ0n) is 11.5. The third-order valence-electron chi connectivity index (χ3n) is 2.78. The first-order valence-electron chi connectivity index (χ1n) is 6.31. The Balaban J connectivity index is 1.93. The summed E-state index contributed by atoms with van der Waals surface area (Å²) < 4.78 is 6.95. The van der Waals surface area contributed by atoms with Gasteiger partial charge in [-0.3, -0.25) is 0 Å². The average Bonchev–Trinajstić information content (AvgIpc) is 3.12. The maximum atomic E-state index is 11.3. The lowest BCUT2D eigenvalue weighted by atomic mass is 10.3. The number of carbonyl (C=O) groups is 1. The van der Waals surface area contributed by atoms with Gasteiger partial charge in [0, 0.05) is 0 Å². The van der Waals surface area contributed by atoms with Gasteiger partial charge >= 0.3 is 5.97 Å².